The van der Waals surface area contributed by atoms with Gasteiger partial charge in [0.2, 0.25) is 5.91 Å². The van der Waals surface area contributed by atoms with E-state index < -0.39 is 0 Å². The summed E-state index contributed by atoms with van der Waals surface area (Å²) in [7, 11) is 0. The number of fused-ring (bicyclic) bond motifs is 1. The molecule has 1 saturated heterocycles. The first-order valence-electron chi connectivity index (χ1n) is 12.3. The molecule has 35 heavy (non-hydrogen) atoms. The van der Waals surface area contributed by atoms with Crippen LogP contribution in [0.1, 0.15) is 48.1 Å². The van der Waals surface area contributed by atoms with Crippen LogP contribution >= 0.6 is 0 Å². The van der Waals surface area contributed by atoms with Gasteiger partial charge in [0.05, 0.1) is 23.0 Å². The number of amides is 1. The molecule has 1 aliphatic heterocycles. The van der Waals surface area contributed by atoms with Crippen LogP contribution in [0.15, 0.2) is 55.0 Å². The van der Waals surface area contributed by atoms with Crippen molar-refractivity contribution < 1.29 is 4.79 Å². The smallest absolute Gasteiger partial charge is 0.225 e. The molecule has 1 fully saturated rings. The Bertz CT molecular complexity index is 1360. The average molecular weight is 469 g/mol. The zero-order valence-electron chi connectivity index (χ0n) is 20.8. The van der Waals surface area contributed by atoms with Crippen molar-refractivity contribution in [2.24, 2.45) is 5.92 Å². The third-order valence-electron chi connectivity index (χ3n) is 6.94. The van der Waals surface area contributed by atoms with E-state index in [4.69, 9.17) is 0 Å². The molecule has 0 saturated carbocycles. The number of hydrogen-bond acceptors (Lipinski definition) is 5. The largest absolute Gasteiger partial charge is 0.355 e. The van der Waals surface area contributed by atoms with Crippen molar-refractivity contribution in [2.45, 2.75) is 46.6 Å². The second-order valence-electron chi connectivity index (χ2n) is 9.72. The fourth-order valence-corrected chi connectivity index (χ4v) is 5.01. The molecule has 2 atom stereocenters. The minimum Gasteiger partial charge on any atom is -0.355 e. The summed E-state index contributed by atoms with van der Waals surface area (Å²) < 4.78 is 1.85. The zero-order valence-corrected chi connectivity index (χ0v) is 20.8. The van der Waals surface area contributed by atoms with Gasteiger partial charge in [0, 0.05) is 19.3 Å². The highest BCUT2D eigenvalue weighted by atomic mass is 16.2. The van der Waals surface area contributed by atoms with Gasteiger partial charge in [0.15, 0.2) is 5.65 Å². The number of nitrogens with one attached hydrogen (secondary N) is 1. The van der Waals surface area contributed by atoms with Gasteiger partial charge in [-0.1, -0.05) is 41.5 Å². The minimum atomic E-state index is -0.0888. The highest BCUT2D eigenvalue weighted by molar-refractivity contribution is 5.87. The molecule has 1 N–H and O–H groups in total. The first kappa shape index (κ1) is 23.0. The van der Waals surface area contributed by atoms with E-state index in [1.54, 1.807) is 6.33 Å². The van der Waals surface area contributed by atoms with Crippen molar-refractivity contribution in [3.05, 3.63) is 77.2 Å². The van der Waals surface area contributed by atoms with Gasteiger partial charge in [-0.2, -0.15) is 0 Å². The molecular weight excluding hydrogens is 436 g/mol. The summed E-state index contributed by atoms with van der Waals surface area (Å²) in [5, 5.41) is 8.82. The van der Waals surface area contributed by atoms with E-state index in [2.05, 4.69) is 83.3 Å². The molecule has 7 nitrogen and oxygen atoms in total. The van der Waals surface area contributed by atoms with Crippen molar-refractivity contribution in [1.82, 2.24) is 25.1 Å². The highest BCUT2D eigenvalue weighted by Gasteiger charge is 2.29. The maximum Gasteiger partial charge on any atom is 0.225 e. The lowest BCUT2D eigenvalue weighted by Gasteiger charge is -2.33. The molecule has 0 bridgehead atoms. The van der Waals surface area contributed by atoms with E-state index in [0.717, 1.165) is 41.8 Å². The third kappa shape index (κ3) is 4.76. The Balaban J connectivity index is 1.34. The number of anilines is 1. The predicted octanol–water partition coefficient (Wildman–Crippen LogP) is 4.83. The summed E-state index contributed by atoms with van der Waals surface area (Å²) in [6.07, 6.45) is 5.36. The number of nitrogens with zero attached hydrogens (tertiary/aromatic N) is 5. The molecule has 0 radical (unpaired) electrons. The maximum absolute atomic E-state index is 13.2. The lowest BCUT2D eigenvalue weighted by molar-refractivity contribution is -0.125. The summed E-state index contributed by atoms with van der Waals surface area (Å²) in [5.74, 6) is 0.852. The molecule has 4 aromatic rings. The van der Waals surface area contributed by atoms with Crippen molar-refractivity contribution in [2.75, 3.05) is 18.0 Å². The van der Waals surface area contributed by atoms with E-state index in [1.807, 2.05) is 23.0 Å². The van der Waals surface area contributed by atoms with Crippen molar-refractivity contribution in [3.8, 4) is 5.69 Å². The first-order chi connectivity index (χ1) is 16.9. The van der Waals surface area contributed by atoms with Crippen molar-refractivity contribution >= 4 is 22.8 Å². The fraction of sp³-hybridized carbons (Fsp3) is 0.357. The van der Waals surface area contributed by atoms with E-state index >= 15 is 0 Å². The van der Waals surface area contributed by atoms with E-state index in [9.17, 15) is 4.79 Å². The molecule has 2 aromatic heterocycles. The molecule has 3 heterocycles. The van der Waals surface area contributed by atoms with Crippen LogP contribution in [0.25, 0.3) is 16.7 Å². The topological polar surface area (TPSA) is 75.9 Å². The predicted molar refractivity (Wildman–Crippen MR) is 139 cm³/mol. The van der Waals surface area contributed by atoms with E-state index in [1.165, 1.54) is 16.7 Å². The summed E-state index contributed by atoms with van der Waals surface area (Å²) >= 11 is 0. The second-order valence-corrected chi connectivity index (χ2v) is 9.72. The lowest BCUT2D eigenvalue weighted by Crippen LogP contribution is -2.44. The Morgan fingerprint density at radius 3 is 2.60 bits per heavy atom. The number of carbonyl (C=O) groups is 1. The first-order valence-corrected chi connectivity index (χ1v) is 12.3. The van der Waals surface area contributed by atoms with E-state index in [0.29, 0.717) is 12.2 Å². The van der Waals surface area contributed by atoms with Crippen LogP contribution < -0.4 is 10.2 Å². The van der Waals surface area contributed by atoms with Crippen LogP contribution in [-0.2, 0) is 4.79 Å². The fourth-order valence-electron chi connectivity index (χ4n) is 5.01. The van der Waals surface area contributed by atoms with Gasteiger partial charge in [0.1, 0.15) is 12.1 Å². The lowest BCUT2D eigenvalue weighted by atomic mass is 9.95. The minimum absolute atomic E-state index is 0.0306. The number of rotatable bonds is 5. The third-order valence-corrected chi connectivity index (χ3v) is 6.94. The monoisotopic (exact) mass is 468 g/mol. The Labute approximate surface area is 206 Å². The Morgan fingerprint density at radius 2 is 1.83 bits per heavy atom. The molecule has 0 spiro atoms. The standard InChI is InChI=1S/C28H32N6O/c1-18-7-10-23(11-8-18)34-16-25-26(32-34)29-17-30-27(25)33-13-5-6-22(15-33)28(35)31-21(4)24-12-9-19(2)14-20(24)3/h7-12,14,16-17,21-22H,5-6,13,15H2,1-4H3,(H,31,35). The number of piperidine rings is 1. The van der Waals surface area contributed by atoms with Crippen LogP contribution in [0.5, 0.6) is 0 Å². The number of hydrogen-bond donors (Lipinski definition) is 1. The number of carbonyl (C=O) groups excluding carboxylic acids is 1. The number of aromatic nitrogens is 4. The Kier molecular flexibility index (Phi) is 6.24. The summed E-state index contributed by atoms with van der Waals surface area (Å²) in [5.41, 5.74) is 6.45. The quantitative estimate of drug-likeness (QED) is 0.454. The van der Waals surface area contributed by atoms with Gasteiger partial charge in [0.25, 0.3) is 0 Å². The molecule has 2 unspecified atom stereocenters. The SMILES string of the molecule is Cc1ccc(-n2cc3c(N4CCCC(C(=O)NC(C)c5ccc(C)cc5C)C4)ncnc3n2)cc1. The second kappa shape index (κ2) is 9.49. The van der Waals surface area contributed by atoms with Crippen LogP contribution in [0.2, 0.25) is 0 Å². The van der Waals surface area contributed by atoms with Gasteiger partial charge in [-0.25, -0.2) is 14.6 Å². The van der Waals surface area contributed by atoms with Gasteiger partial charge in [-0.15, -0.1) is 5.10 Å². The molecule has 5 rings (SSSR count). The molecular formula is C28H32N6O. The van der Waals surface area contributed by atoms with Crippen LogP contribution in [0.3, 0.4) is 0 Å². The number of aryl methyl sites for hydroxylation is 3. The van der Waals surface area contributed by atoms with Gasteiger partial charge >= 0.3 is 0 Å². The molecule has 1 amide bonds. The highest BCUT2D eigenvalue weighted by Crippen LogP contribution is 2.28. The maximum atomic E-state index is 13.2. The van der Waals surface area contributed by atoms with Crippen LogP contribution in [-0.4, -0.2) is 38.7 Å². The summed E-state index contributed by atoms with van der Waals surface area (Å²) in [4.78, 5) is 24.4. The molecule has 0 aliphatic carbocycles. The summed E-state index contributed by atoms with van der Waals surface area (Å²) in [6.45, 7) is 9.81. The number of benzene rings is 2. The Hall–Kier alpha value is -3.74. The Morgan fingerprint density at radius 1 is 1.06 bits per heavy atom. The average Bonchev–Trinajstić information content (AvgIpc) is 3.29. The van der Waals surface area contributed by atoms with E-state index in [-0.39, 0.29) is 17.9 Å². The van der Waals surface area contributed by atoms with Gasteiger partial charge in [-0.05, 0) is 63.8 Å². The molecule has 180 valence electrons. The van der Waals surface area contributed by atoms with Gasteiger partial charge in [-0.3, -0.25) is 4.79 Å². The molecule has 2 aromatic carbocycles. The zero-order chi connectivity index (χ0) is 24.5. The van der Waals surface area contributed by atoms with Crippen molar-refractivity contribution in [1.29, 1.82) is 0 Å². The van der Waals surface area contributed by atoms with Crippen molar-refractivity contribution in [3.63, 3.8) is 0 Å². The normalized spacial score (nSPS) is 16.9. The van der Waals surface area contributed by atoms with Crippen LogP contribution in [0.4, 0.5) is 5.82 Å². The molecule has 7 heteroatoms. The summed E-state index contributed by atoms with van der Waals surface area (Å²) in [6, 6.07) is 14.6. The van der Waals surface area contributed by atoms with Gasteiger partial charge < -0.3 is 10.2 Å². The van der Waals surface area contributed by atoms with Crippen LogP contribution in [0, 0.1) is 26.7 Å². The molecule has 1 aliphatic rings.